The van der Waals surface area contributed by atoms with Gasteiger partial charge in [0, 0.05) is 32.0 Å². The molecule has 0 aliphatic carbocycles. The summed E-state index contributed by atoms with van der Waals surface area (Å²) in [6.45, 7) is 1.15. The first-order chi connectivity index (χ1) is 13.1. The van der Waals surface area contributed by atoms with Crippen molar-refractivity contribution in [1.82, 2.24) is 20.1 Å². The zero-order valence-electron chi connectivity index (χ0n) is 15.0. The molecule has 2 heterocycles. The first-order valence-corrected chi connectivity index (χ1v) is 8.86. The molecule has 0 saturated heterocycles. The maximum Gasteiger partial charge on any atom is 0.343 e. The molecule has 0 bridgehead atoms. The number of carbonyl (C=O) groups is 1. The lowest BCUT2D eigenvalue weighted by molar-refractivity contribution is 0.0954. The summed E-state index contributed by atoms with van der Waals surface area (Å²) in [6.07, 6.45) is 1.42. The van der Waals surface area contributed by atoms with E-state index in [0.29, 0.717) is 24.4 Å². The van der Waals surface area contributed by atoms with Gasteiger partial charge in [-0.2, -0.15) is 5.10 Å². The molecular formula is C20H20N4O3. The van der Waals surface area contributed by atoms with E-state index in [4.69, 9.17) is 4.74 Å². The van der Waals surface area contributed by atoms with Gasteiger partial charge in [0.15, 0.2) is 0 Å². The summed E-state index contributed by atoms with van der Waals surface area (Å²) >= 11 is 0. The Morgan fingerprint density at radius 3 is 2.74 bits per heavy atom. The van der Waals surface area contributed by atoms with E-state index < -0.39 is 0 Å². The van der Waals surface area contributed by atoms with Gasteiger partial charge in [-0.1, -0.05) is 18.2 Å². The van der Waals surface area contributed by atoms with Crippen molar-refractivity contribution in [1.29, 1.82) is 0 Å². The van der Waals surface area contributed by atoms with Crippen LogP contribution >= 0.6 is 0 Å². The SMILES string of the molecule is Cn1c(CCNC(=O)c2ccc(-c3ccc4c(c3)CCO4)cc2)n[nH]c1=O. The molecule has 1 aromatic heterocycles. The lowest BCUT2D eigenvalue weighted by atomic mass is 10.0. The van der Waals surface area contributed by atoms with E-state index in [0.717, 1.165) is 29.9 Å². The molecule has 27 heavy (non-hydrogen) atoms. The van der Waals surface area contributed by atoms with Crippen LogP contribution in [0.25, 0.3) is 11.1 Å². The largest absolute Gasteiger partial charge is 0.493 e. The molecule has 3 aromatic rings. The van der Waals surface area contributed by atoms with Crippen LogP contribution in [0.15, 0.2) is 47.3 Å². The molecule has 2 N–H and O–H groups in total. The molecule has 0 radical (unpaired) electrons. The van der Waals surface area contributed by atoms with E-state index in [1.807, 2.05) is 36.4 Å². The van der Waals surface area contributed by atoms with E-state index in [-0.39, 0.29) is 11.6 Å². The van der Waals surface area contributed by atoms with Crippen LogP contribution in [-0.4, -0.2) is 33.8 Å². The number of fused-ring (bicyclic) bond motifs is 1. The second kappa shape index (κ2) is 7.11. The van der Waals surface area contributed by atoms with Gasteiger partial charge < -0.3 is 10.1 Å². The van der Waals surface area contributed by atoms with Gasteiger partial charge in [-0.05, 0) is 41.0 Å². The van der Waals surface area contributed by atoms with Gasteiger partial charge in [0.05, 0.1) is 6.61 Å². The molecule has 1 amide bonds. The highest BCUT2D eigenvalue weighted by Gasteiger charge is 2.13. The quantitative estimate of drug-likeness (QED) is 0.721. The Morgan fingerprint density at radius 1 is 1.22 bits per heavy atom. The van der Waals surface area contributed by atoms with Gasteiger partial charge >= 0.3 is 5.69 Å². The molecule has 0 fully saturated rings. The number of aromatic amines is 1. The Hall–Kier alpha value is -3.35. The Morgan fingerprint density at radius 2 is 2.00 bits per heavy atom. The molecule has 1 aliphatic rings. The van der Waals surface area contributed by atoms with E-state index in [2.05, 4.69) is 21.6 Å². The first kappa shape index (κ1) is 17.1. The van der Waals surface area contributed by atoms with Gasteiger partial charge in [-0.25, -0.2) is 9.89 Å². The standard InChI is InChI=1S/C20H20N4O3/c1-24-18(22-23-20(24)26)8-10-21-19(25)14-4-2-13(3-5-14)15-6-7-17-16(12-15)9-11-27-17/h2-7,12H,8-11H2,1H3,(H,21,25)(H,23,26). The van der Waals surface area contributed by atoms with Crippen molar-refractivity contribution in [3.63, 3.8) is 0 Å². The van der Waals surface area contributed by atoms with Crippen LogP contribution in [0, 0.1) is 0 Å². The number of H-pyrrole nitrogens is 1. The van der Waals surface area contributed by atoms with E-state index in [1.165, 1.54) is 10.1 Å². The molecule has 0 atom stereocenters. The predicted molar refractivity (Wildman–Crippen MR) is 101 cm³/mol. The fraction of sp³-hybridized carbons (Fsp3) is 0.250. The summed E-state index contributed by atoms with van der Waals surface area (Å²) in [5.41, 5.74) is 3.74. The van der Waals surface area contributed by atoms with E-state index in [1.54, 1.807) is 7.05 Å². The average Bonchev–Trinajstić information content (AvgIpc) is 3.29. The normalized spacial score (nSPS) is 12.5. The predicted octanol–water partition coefficient (Wildman–Crippen LogP) is 1.68. The number of aromatic nitrogens is 3. The van der Waals surface area contributed by atoms with Crippen molar-refractivity contribution < 1.29 is 9.53 Å². The highest BCUT2D eigenvalue weighted by atomic mass is 16.5. The zero-order valence-corrected chi connectivity index (χ0v) is 15.0. The molecule has 2 aromatic carbocycles. The van der Waals surface area contributed by atoms with Crippen LogP contribution < -0.4 is 15.7 Å². The minimum atomic E-state index is -0.259. The average molecular weight is 364 g/mol. The molecule has 0 spiro atoms. The third kappa shape index (κ3) is 3.48. The molecule has 138 valence electrons. The number of hydrogen-bond donors (Lipinski definition) is 2. The minimum Gasteiger partial charge on any atom is -0.493 e. The molecule has 0 saturated carbocycles. The van der Waals surface area contributed by atoms with Crippen molar-refractivity contribution in [2.24, 2.45) is 7.05 Å². The fourth-order valence-electron chi connectivity index (χ4n) is 3.17. The Balaban J connectivity index is 1.39. The first-order valence-electron chi connectivity index (χ1n) is 8.86. The van der Waals surface area contributed by atoms with Crippen LogP contribution in [0.4, 0.5) is 0 Å². The van der Waals surface area contributed by atoms with Gasteiger partial charge in [0.25, 0.3) is 5.91 Å². The Labute approximate surface area is 156 Å². The van der Waals surface area contributed by atoms with Crippen molar-refractivity contribution in [3.8, 4) is 16.9 Å². The van der Waals surface area contributed by atoms with Gasteiger partial charge in [-0.15, -0.1) is 0 Å². The highest BCUT2D eigenvalue weighted by molar-refractivity contribution is 5.94. The smallest absolute Gasteiger partial charge is 0.343 e. The number of hydrogen-bond acceptors (Lipinski definition) is 4. The topological polar surface area (TPSA) is 89.0 Å². The number of amides is 1. The highest BCUT2D eigenvalue weighted by Crippen LogP contribution is 2.30. The molecular weight excluding hydrogens is 344 g/mol. The van der Waals surface area contributed by atoms with Crippen LogP contribution in [0.3, 0.4) is 0 Å². The van der Waals surface area contributed by atoms with Crippen LogP contribution in [0.2, 0.25) is 0 Å². The van der Waals surface area contributed by atoms with Gasteiger partial charge in [0.1, 0.15) is 11.6 Å². The summed E-state index contributed by atoms with van der Waals surface area (Å²) in [7, 11) is 1.65. The number of carbonyl (C=O) groups excluding carboxylic acids is 1. The number of nitrogens with zero attached hydrogens (tertiary/aromatic N) is 2. The van der Waals surface area contributed by atoms with Gasteiger partial charge in [0.2, 0.25) is 0 Å². The Bertz CT molecular complexity index is 1030. The minimum absolute atomic E-state index is 0.149. The molecule has 7 nitrogen and oxygen atoms in total. The second-order valence-corrected chi connectivity index (χ2v) is 6.51. The third-order valence-electron chi connectivity index (χ3n) is 4.78. The Kier molecular flexibility index (Phi) is 4.50. The van der Waals surface area contributed by atoms with Crippen molar-refractivity contribution in [2.75, 3.05) is 13.2 Å². The molecule has 1 aliphatic heterocycles. The van der Waals surface area contributed by atoms with Crippen LogP contribution in [0.1, 0.15) is 21.7 Å². The monoisotopic (exact) mass is 364 g/mol. The van der Waals surface area contributed by atoms with Crippen molar-refractivity contribution >= 4 is 5.91 Å². The molecule has 4 rings (SSSR count). The number of nitrogens with one attached hydrogen (secondary N) is 2. The number of rotatable bonds is 5. The summed E-state index contributed by atoms with van der Waals surface area (Å²) in [5, 5.41) is 9.15. The third-order valence-corrected chi connectivity index (χ3v) is 4.78. The summed E-state index contributed by atoms with van der Waals surface area (Å²) in [4.78, 5) is 23.6. The summed E-state index contributed by atoms with van der Waals surface area (Å²) in [6, 6.07) is 13.7. The van der Waals surface area contributed by atoms with Crippen molar-refractivity contribution in [3.05, 3.63) is 69.9 Å². The van der Waals surface area contributed by atoms with E-state index >= 15 is 0 Å². The summed E-state index contributed by atoms with van der Waals surface area (Å²) in [5.74, 6) is 1.42. The number of benzene rings is 2. The van der Waals surface area contributed by atoms with Gasteiger partial charge in [-0.3, -0.25) is 9.36 Å². The van der Waals surface area contributed by atoms with E-state index in [9.17, 15) is 9.59 Å². The van der Waals surface area contributed by atoms with Crippen molar-refractivity contribution in [2.45, 2.75) is 12.8 Å². The molecule has 0 unspecified atom stereocenters. The fourth-order valence-corrected chi connectivity index (χ4v) is 3.17. The maximum absolute atomic E-state index is 12.3. The van der Waals surface area contributed by atoms with Crippen LogP contribution in [0.5, 0.6) is 5.75 Å². The number of ether oxygens (including phenoxy) is 1. The van der Waals surface area contributed by atoms with Crippen LogP contribution in [-0.2, 0) is 19.9 Å². The maximum atomic E-state index is 12.3. The second-order valence-electron chi connectivity index (χ2n) is 6.51. The molecule has 7 heteroatoms. The zero-order chi connectivity index (χ0) is 18.8. The lowest BCUT2D eigenvalue weighted by Gasteiger charge is -2.07. The summed E-state index contributed by atoms with van der Waals surface area (Å²) < 4.78 is 6.97. The lowest BCUT2D eigenvalue weighted by Crippen LogP contribution is -2.26.